The summed E-state index contributed by atoms with van der Waals surface area (Å²) in [6.45, 7) is 9.69. The molecule has 3 aliphatic rings. The number of hydrogen-bond acceptors (Lipinski definition) is 5. The molecule has 29 heavy (non-hydrogen) atoms. The van der Waals surface area contributed by atoms with E-state index in [1.165, 1.54) is 33.6 Å². The van der Waals surface area contributed by atoms with E-state index in [2.05, 4.69) is 60.5 Å². The van der Waals surface area contributed by atoms with Crippen LogP contribution in [0, 0.1) is 13.8 Å². The van der Waals surface area contributed by atoms with E-state index < -0.39 is 0 Å². The summed E-state index contributed by atoms with van der Waals surface area (Å²) in [6.07, 6.45) is 1.98. The maximum atomic E-state index is 5.54. The molecule has 0 aromatic heterocycles. The molecule has 154 valence electrons. The van der Waals surface area contributed by atoms with Crippen LogP contribution < -0.4 is 10.2 Å². The topological polar surface area (TPSA) is 52.9 Å². The normalized spacial score (nSPS) is 24.3. The van der Waals surface area contributed by atoms with Crippen LogP contribution in [0.3, 0.4) is 0 Å². The summed E-state index contributed by atoms with van der Waals surface area (Å²) in [5.74, 6) is 0. The third-order valence-electron chi connectivity index (χ3n) is 5.80. The van der Waals surface area contributed by atoms with Crippen LogP contribution in [0.2, 0.25) is 0 Å². The molecule has 0 amide bonds. The first-order valence-electron chi connectivity index (χ1n) is 10.7. The molecule has 3 saturated heterocycles. The summed E-state index contributed by atoms with van der Waals surface area (Å²) in [5, 5.41) is 3.60. The second-order valence-corrected chi connectivity index (χ2v) is 8.62. The molecule has 0 bridgehead atoms. The number of nitrogens with zero attached hydrogens (tertiary/aromatic N) is 1. The fraction of sp³-hybridized carbons (Fsp3) is 0.500. The van der Waals surface area contributed by atoms with Crippen LogP contribution in [-0.4, -0.2) is 57.8 Å². The molecule has 2 aromatic rings. The van der Waals surface area contributed by atoms with E-state index in [1.807, 2.05) is 0 Å². The summed E-state index contributed by atoms with van der Waals surface area (Å²) in [6, 6.07) is 13.5. The zero-order chi connectivity index (χ0) is 19.8. The molecule has 5 nitrogen and oxygen atoms in total. The molecular formula is C24H30N2O3. The van der Waals surface area contributed by atoms with Gasteiger partial charge in [-0.2, -0.15) is 0 Å². The lowest BCUT2D eigenvalue weighted by Gasteiger charge is -2.27. The predicted molar refractivity (Wildman–Crippen MR) is 115 cm³/mol. The first-order valence-corrected chi connectivity index (χ1v) is 10.7. The van der Waals surface area contributed by atoms with Gasteiger partial charge in [-0.05, 0) is 48.2 Å². The quantitative estimate of drug-likeness (QED) is 0.627. The van der Waals surface area contributed by atoms with Gasteiger partial charge in [0.05, 0.1) is 38.1 Å². The van der Waals surface area contributed by atoms with Crippen LogP contribution in [0.4, 0.5) is 11.4 Å². The van der Waals surface area contributed by atoms with Gasteiger partial charge < -0.3 is 24.4 Å². The van der Waals surface area contributed by atoms with E-state index in [0.29, 0.717) is 18.3 Å². The van der Waals surface area contributed by atoms with Gasteiger partial charge in [0.1, 0.15) is 0 Å². The van der Waals surface area contributed by atoms with E-state index in [-0.39, 0.29) is 0 Å². The van der Waals surface area contributed by atoms with Crippen molar-refractivity contribution in [3.05, 3.63) is 58.7 Å². The van der Waals surface area contributed by atoms with Gasteiger partial charge in [-0.3, -0.25) is 0 Å². The van der Waals surface area contributed by atoms with Crippen LogP contribution in [0.15, 0.2) is 36.4 Å². The van der Waals surface area contributed by atoms with Crippen molar-refractivity contribution in [1.82, 2.24) is 0 Å². The minimum absolute atomic E-state index is 0.359. The van der Waals surface area contributed by atoms with Crippen molar-refractivity contribution in [3.8, 4) is 0 Å². The molecule has 5 rings (SSSR count). The number of hydrogen-bond donors (Lipinski definition) is 1. The van der Waals surface area contributed by atoms with Gasteiger partial charge >= 0.3 is 0 Å². The fourth-order valence-corrected chi connectivity index (χ4v) is 3.85. The van der Waals surface area contributed by atoms with E-state index in [0.717, 1.165) is 45.9 Å². The SMILES string of the molecule is Cc1ccc(Cc2ccc(C)cc2N(CC2CO2)CC2CO2)c(NCC2CO2)c1. The highest BCUT2D eigenvalue weighted by molar-refractivity contribution is 5.61. The zero-order valence-corrected chi connectivity index (χ0v) is 17.3. The summed E-state index contributed by atoms with van der Waals surface area (Å²) in [5.41, 5.74) is 7.77. The molecule has 0 radical (unpaired) electrons. The molecule has 3 atom stereocenters. The molecule has 1 N–H and O–H groups in total. The average Bonchev–Trinajstić information content (AvgIpc) is 3.53. The Labute approximate surface area is 173 Å². The Hall–Kier alpha value is -2.08. The molecule has 0 saturated carbocycles. The highest BCUT2D eigenvalue weighted by Crippen LogP contribution is 2.31. The Morgan fingerprint density at radius 1 is 0.828 bits per heavy atom. The van der Waals surface area contributed by atoms with E-state index in [1.54, 1.807) is 0 Å². The van der Waals surface area contributed by atoms with Crippen LogP contribution >= 0.6 is 0 Å². The number of nitrogens with one attached hydrogen (secondary N) is 1. The monoisotopic (exact) mass is 394 g/mol. The lowest BCUT2D eigenvalue weighted by molar-refractivity contribution is 0.389. The molecular weight excluding hydrogens is 364 g/mol. The number of ether oxygens (including phenoxy) is 3. The van der Waals surface area contributed by atoms with Crippen molar-refractivity contribution < 1.29 is 14.2 Å². The van der Waals surface area contributed by atoms with E-state index in [9.17, 15) is 0 Å². The van der Waals surface area contributed by atoms with Gasteiger partial charge in [0, 0.05) is 37.4 Å². The summed E-state index contributed by atoms with van der Waals surface area (Å²) in [7, 11) is 0. The Bertz CT molecular complexity index is 858. The van der Waals surface area contributed by atoms with Gasteiger partial charge in [-0.25, -0.2) is 0 Å². The van der Waals surface area contributed by atoms with Crippen molar-refractivity contribution >= 4 is 11.4 Å². The number of aryl methyl sites for hydroxylation is 2. The summed E-state index contributed by atoms with van der Waals surface area (Å²) in [4.78, 5) is 2.47. The van der Waals surface area contributed by atoms with Gasteiger partial charge in [0.2, 0.25) is 0 Å². The summed E-state index contributed by atoms with van der Waals surface area (Å²) >= 11 is 0. The van der Waals surface area contributed by atoms with Crippen molar-refractivity contribution in [2.75, 3.05) is 49.7 Å². The predicted octanol–water partition coefficient (Wildman–Crippen LogP) is 3.31. The second kappa shape index (κ2) is 7.98. The average molecular weight is 395 g/mol. The van der Waals surface area contributed by atoms with Crippen molar-refractivity contribution in [2.45, 2.75) is 38.6 Å². The largest absolute Gasteiger partial charge is 0.382 e. The molecule has 3 unspecified atom stereocenters. The van der Waals surface area contributed by atoms with Gasteiger partial charge in [0.25, 0.3) is 0 Å². The van der Waals surface area contributed by atoms with Gasteiger partial charge in [-0.15, -0.1) is 0 Å². The Morgan fingerprint density at radius 3 is 2.03 bits per heavy atom. The first-order chi connectivity index (χ1) is 14.1. The van der Waals surface area contributed by atoms with Crippen molar-refractivity contribution in [3.63, 3.8) is 0 Å². The highest BCUT2D eigenvalue weighted by Gasteiger charge is 2.31. The molecule has 0 aliphatic carbocycles. The minimum Gasteiger partial charge on any atom is -0.382 e. The second-order valence-electron chi connectivity index (χ2n) is 8.62. The minimum atomic E-state index is 0.359. The van der Waals surface area contributed by atoms with Gasteiger partial charge in [0.15, 0.2) is 0 Å². The third kappa shape index (κ3) is 5.10. The molecule has 3 heterocycles. The van der Waals surface area contributed by atoms with Crippen LogP contribution in [0.1, 0.15) is 22.3 Å². The fourth-order valence-electron chi connectivity index (χ4n) is 3.85. The van der Waals surface area contributed by atoms with Crippen molar-refractivity contribution in [2.24, 2.45) is 0 Å². The highest BCUT2D eigenvalue weighted by atomic mass is 16.6. The zero-order valence-electron chi connectivity index (χ0n) is 17.3. The smallest absolute Gasteiger partial charge is 0.0984 e. The van der Waals surface area contributed by atoms with Crippen LogP contribution in [0.5, 0.6) is 0 Å². The number of benzene rings is 2. The standard InChI is InChI=1S/C24H30N2O3/c1-16-3-5-18(23(7-16)25-10-20-13-27-20)9-19-6-4-17(2)8-24(19)26(11-21-14-28-21)12-22-15-29-22/h3-8,20-22,25H,9-15H2,1-2H3. The van der Waals surface area contributed by atoms with Crippen LogP contribution in [-0.2, 0) is 20.6 Å². The number of anilines is 2. The molecule has 3 aliphatic heterocycles. The third-order valence-corrected chi connectivity index (χ3v) is 5.80. The lowest BCUT2D eigenvalue weighted by Crippen LogP contribution is -2.32. The Balaban J connectivity index is 1.41. The maximum absolute atomic E-state index is 5.54. The van der Waals surface area contributed by atoms with E-state index >= 15 is 0 Å². The summed E-state index contributed by atoms with van der Waals surface area (Å²) < 4.78 is 16.5. The molecule has 0 spiro atoms. The molecule has 5 heteroatoms. The van der Waals surface area contributed by atoms with E-state index in [4.69, 9.17) is 14.2 Å². The first kappa shape index (κ1) is 18.9. The molecule has 3 fully saturated rings. The molecule has 2 aromatic carbocycles. The lowest BCUT2D eigenvalue weighted by atomic mass is 9.98. The maximum Gasteiger partial charge on any atom is 0.0984 e. The van der Waals surface area contributed by atoms with Crippen LogP contribution in [0.25, 0.3) is 0 Å². The number of rotatable bonds is 10. The Morgan fingerprint density at radius 2 is 1.41 bits per heavy atom. The van der Waals surface area contributed by atoms with Gasteiger partial charge in [-0.1, -0.05) is 24.3 Å². The Kier molecular flexibility index (Phi) is 5.20. The number of epoxide rings is 3. The van der Waals surface area contributed by atoms with Crippen molar-refractivity contribution in [1.29, 1.82) is 0 Å².